The van der Waals surface area contributed by atoms with Crippen LogP contribution in [-0.4, -0.2) is 46.2 Å². The van der Waals surface area contributed by atoms with Gasteiger partial charge in [-0.3, -0.25) is 4.79 Å². The lowest BCUT2D eigenvalue weighted by Gasteiger charge is -2.23. The number of carboxylic acid groups (broad SMARTS) is 1. The summed E-state index contributed by atoms with van der Waals surface area (Å²) in [4.78, 5) is 10.4. The molecule has 0 aromatic carbocycles. The van der Waals surface area contributed by atoms with Crippen molar-refractivity contribution in [3.05, 3.63) is 0 Å². The van der Waals surface area contributed by atoms with Gasteiger partial charge in [-0.2, -0.15) is 0 Å². The van der Waals surface area contributed by atoms with Crippen molar-refractivity contribution in [3.8, 4) is 0 Å². The molecule has 0 spiro atoms. The average molecular weight is 164 g/mol. The van der Waals surface area contributed by atoms with Crippen LogP contribution >= 0.6 is 0 Å². The molecule has 0 saturated heterocycles. The lowest BCUT2D eigenvalue weighted by molar-refractivity contribution is -0.156. The minimum Gasteiger partial charge on any atom is -0.481 e. The third kappa shape index (κ3) is 2.14. The standard InChI is InChI=1S/C6H12O5/c7-2-1-6(3-8,4-9)5(10)11/h7-9H,1-4H2,(H,10,11). The fourth-order valence-electron chi connectivity index (χ4n) is 0.664. The van der Waals surface area contributed by atoms with E-state index in [1.54, 1.807) is 0 Å². The summed E-state index contributed by atoms with van der Waals surface area (Å²) in [6.45, 7) is -1.70. The molecule has 0 bridgehead atoms. The van der Waals surface area contributed by atoms with E-state index in [1.165, 1.54) is 0 Å². The molecule has 5 nitrogen and oxygen atoms in total. The molecule has 0 atom stereocenters. The Labute approximate surface area is 63.9 Å². The van der Waals surface area contributed by atoms with Crippen molar-refractivity contribution < 1.29 is 25.2 Å². The summed E-state index contributed by atoms with van der Waals surface area (Å²) in [6, 6.07) is 0. The number of aliphatic carboxylic acids is 1. The summed E-state index contributed by atoms with van der Waals surface area (Å²) in [5.74, 6) is -1.29. The maximum Gasteiger partial charge on any atom is 0.314 e. The van der Waals surface area contributed by atoms with Crippen LogP contribution < -0.4 is 0 Å². The van der Waals surface area contributed by atoms with Crippen LogP contribution in [0.4, 0.5) is 0 Å². The monoisotopic (exact) mass is 164 g/mol. The fourth-order valence-corrected chi connectivity index (χ4v) is 0.664. The Morgan fingerprint density at radius 2 is 1.64 bits per heavy atom. The van der Waals surface area contributed by atoms with E-state index < -0.39 is 24.6 Å². The molecule has 11 heavy (non-hydrogen) atoms. The predicted octanol–water partition coefficient (Wildman–Crippen LogP) is -1.58. The number of carboxylic acids is 1. The van der Waals surface area contributed by atoms with Crippen LogP contribution in [0.1, 0.15) is 6.42 Å². The molecule has 66 valence electrons. The molecule has 4 N–H and O–H groups in total. The molecule has 0 aliphatic rings. The number of carbonyl (C=O) groups is 1. The van der Waals surface area contributed by atoms with Crippen molar-refractivity contribution >= 4 is 5.97 Å². The van der Waals surface area contributed by atoms with Gasteiger partial charge in [-0.05, 0) is 6.42 Å². The second-order valence-corrected chi connectivity index (χ2v) is 2.38. The highest BCUT2D eigenvalue weighted by molar-refractivity contribution is 5.74. The first-order chi connectivity index (χ1) is 5.13. The topological polar surface area (TPSA) is 98.0 Å². The van der Waals surface area contributed by atoms with Gasteiger partial charge in [0.2, 0.25) is 0 Å². The number of rotatable bonds is 5. The Morgan fingerprint density at radius 1 is 1.18 bits per heavy atom. The van der Waals surface area contributed by atoms with E-state index in [-0.39, 0.29) is 13.0 Å². The van der Waals surface area contributed by atoms with E-state index in [1.807, 2.05) is 0 Å². The summed E-state index contributed by atoms with van der Waals surface area (Å²) < 4.78 is 0. The van der Waals surface area contributed by atoms with Gasteiger partial charge < -0.3 is 20.4 Å². The van der Waals surface area contributed by atoms with Crippen LogP contribution in [0.25, 0.3) is 0 Å². The molecule has 0 radical (unpaired) electrons. The largest absolute Gasteiger partial charge is 0.481 e. The van der Waals surface area contributed by atoms with Crippen molar-refractivity contribution in [2.45, 2.75) is 6.42 Å². The summed E-state index contributed by atoms with van der Waals surface area (Å²) in [6.07, 6.45) is -0.144. The van der Waals surface area contributed by atoms with Crippen LogP contribution in [0.2, 0.25) is 0 Å². The van der Waals surface area contributed by atoms with Crippen molar-refractivity contribution in [1.29, 1.82) is 0 Å². The van der Waals surface area contributed by atoms with E-state index >= 15 is 0 Å². The summed E-state index contributed by atoms with van der Waals surface area (Å²) >= 11 is 0. The molecule has 5 heteroatoms. The first-order valence-corrected chi connectivity index (χ1v) is 3.19. The zero-order valence-corrected chi connectivity index (χ0v) is 6.03. The molecule has 0 aliphatic heterocycles. The highest BCUT2D eigenvalue weighted by Crippen LogP contribution is 2.20. The number of aliphatic hydroxyl groups is 3. The van der Waals surface area contributed by atoms with Gasteiger partial charge in [0.1, 0.15) is 5.41 Å². The normalized spacial score (nSPS) is 11.5. The highest BCUT2D eigenvalue weighted by Gasteiger charge is 2.36. The maximum absolute atomic E-state index is 10.4. The highest BCUT2D eigenvalue weighted by atomic mass is 16.4. The maximum atomic E-state index is 10.4. The number of hydrogen-bond acceptors (Lipinski definition) is 4. The van der Waals surface area contributed by atoms with Crippen molar-refractivity contribution in [2.75, 3.05) is 19.8 Å². The molecular weight excluding hydrogens is 152 g/mol. The molecule has 0 unspecified atom stereocenters. The van der Waals surface area contributed by atoms with Gasteiger partial charge in [-0.25, -0.2) is 0 Å². The Morgan fingerprint density at radius 3 is 1.73 bits per heavy atom. The minimum absolute atomic E-state index is 0.144. The summed E-state index contributed by atoms with van der Waals surface area (Å²) in [5, 5.41) is 34.2. The molecule has 0 heterocycles. The van der Waals surface area contributed by atoms with Gasteiger partial charge in [0.25, 0.3) is 0 Å². The van der Waals surface area contributed by atoms with Crippen molar-refractivity contribution in [2.24, 2.45) is 5.41 Å². The van der Waals surface area contributed by atoms with E-state index in [0.717, 1.165) is 0 Å². The van der Waals surface area contributed by atoms with Gasteiger partial charge in [-0.15, -0.1) is 0 Å². The first-order valence-electron chi connectivity index (χ1n) is 3.19. The number of aliphatic hydroxyl groups excluding tert-OH is 3. The van der Waals surface area contributed by atoms with Crippen LogP contribution in [0.5, 0.6) is 0 Å². The van der Waals surface area contributed by atoms with E-state index in [9.17, 15) is 4.79 Å². The average Bonchev–Trinajstić information content (AvgIpc) is 2.00. The van der Waals surface area contributed by atoms with Gasteiger partial charge in [0.15, 0.2) is 0 Å². The molecule has 0 fully saturated rings. The Balaban J connectivity index is 4.32. The van der Waals surface area contributed by atoms with Gasteiger partial charge in [-0.1, -0.05) is 0 Å². The third-order valence-corrected chi connectivity index (χ3v) is 1.65. The first kappa shape index (κ1) is 10.3. The molecule has 0 aromatic rings. The minimum atomic E-state index is -1.59. The Kier molecular flexibility index (Phi) is 4.02. The molecule has 0 saturated carbocycles. The lowest BCUT2D eigenvalue weighted by atomic mass is 9.87. The zero-order chi connectivity index (χ0) is 8.91. The summed E-state index contributed by atoms with van der Waals surface area (Å²) in [5.41, 5.74) is -1.59. The van der Waals surface area contributed by atoms with Crippen LogP contribution in [0, 0.1) is 5.41 Å². The summed E-state index contributed by atoms with van der Waals surface area (Å²) in [7, 11) is 0. The fraction of sp³-hybridized carbons (Fsp3) is 0.833. The Bertz CT molecular complexity index is 129. The van der Waals surface area contributed by atoms with Crippen molar-refractivity contribution in [3.63, 3.8) is 0 Å². The van der Waals surface area contributed by atoms with Crippen LogP contribution in [0.15, 0.2) is 0 Å². The third-order valence-electron chi connectivity index (χ3n) is 1.65. The van der Waals surface area contributed by atoms with E-state index in [0.29, 0.717) is 0 Å². The molecule has 0 rings (SSSR count). The van der Waals surface area contributed by atoms with E-state index in [2.05, 4.69) is 0 Å². The molecular formula is C6H12O5. The van der Waals surface area contributed by atoms with E-state index in [4.69, 9.17) is 20.4 Å². The SMILES string of the molecule is O=C(O)C(CO)(CO)CCO. The zero-order valence-electron chi connectivity index (χ0n) is 6.03. The predicted molar refractivity (Wildman–Crippen MR) is 35.9 cm³/mol. The van der Waals surface area contributed by atoms with Crippen molar-refractivity contribution in [1.82, 2.24) is 0 Å². The lowest BCUT2D eigenvalue weighted by Crippen LogP contribution is -2.39. The van der Waals surface area contributed by atoms with Gasteiger partial charge in [0.05, 0.1) is 13.2 Å². The van der Waals surface area contributed by atoms with Gasteiger partial charge in [0, 0.05) is 6.61 Å². The second kappa shape index (κ2) is 4.27. The molecule has 0 aliphatic carbocycles. The molecule has 0 amide bonds. The van der Waals surface area contributed by atoms with Gasteiger partial charge >= 0.3 is 5.97 Å². The quantitative estimate of drug-likeness (QED) is 0.393. The number of hydrogen-bond donors (Lipinski definition) is 4. The second-order valence-electron chi connectivity index (χ2n) is 2.38. The van der Waals surface area contributed by atoms with Crippen LogP contribution in [-0.2, 0) is 4.79 Å². The molecule has 0 aromatic heterocycles. The van der Waals surface area contributed by atoms with Crippen LogP contribution in [0.3, 0.4) is 0 Å². The smallest absolute Gasteiger partial charge is 0.314 e. The Hall–Kier alpha value is -0.650.